The van der Waals surface area contributed by atoms with Gasteiger partial charge in [-0.05, 0) is 24.1 Å². The summed E-state index contributed by atoms with van der Waals surface area (Å²) in [6.07, 6.45) is 0. The Morgan fingerprint density at radius 3 is 2.60 bits per heavy atom. The molecule has 0 bridgehead atoms. The second-order valence-corrected chi connectivity index (χ2v) is 8.05. The van der Waals surface area contributed by atoms with Crippen molar-refractivity contribution < 1.29 is 18.3 Å². The molecule has 20 heavy (non-hydrogen) atoms. The highest BCUT2D eigenvalue weighted by atomic mass is 79.9. The van der Waals surface area contributed by atoms with Crippen LogP contribution in [0.2, 0.25) is 5.02 Å². The average Bonchev–Trinajstić information content (AvgIpc) is 2.71. The van der Waals surface area contributed by atoms with Crippen molar-refractivity contribution in [3.8, 4) is 0 Å². The second kappa shape index (κ2) is 5.63. The standard InChI is InChI=1S/C12H13BrClNO4S/c1-7-5-15(6-9(7)12(16)17)20(18,19)11-3-2-8(13)4-10(11)14/h2-4,7,9H,5-6H2,1H3,(H,16,17)/t7-,9-/m1/s1. The summed E-state index contributed by atoms with van der Waals surface area (Å²) in [4.78, 5) is 11.1. The van der Waals surface area contributed by atoms with Gasteiger partial charge in [-0.15, -0.1) is 0 Å². The van der Waals surface area contributed by atoms with Gasteiger partial charge in [0.25, 0.3) is 0 Å². The summed E-state index contributed by atoms with van der Waals surface area (Å²) in [5.41, 5.74) is 0. The summed E-state index contributed by atoms with van der Waals surface area (Å²) in [5.74, 6) is -1.88. The van der Waals surface area contributed by atoms with Gasteiger partial charge in [-0.2, -0.15) is 4.31 Å². The zero-order valence-electron chi connectivity index (χ0n) is 10.6. The topological polar surface area (TPSA) is 74.7 Å². The van der Waals surface area contributed by atoms with E-state index in [1.54, 1.807) is 13.0 Å². The smallest absolute Gasteiger partial charge is 0.308 e. The van der Waals surface area contributed by atoms with Gasteiger partial charge >= 0.3 is 5.97 Å². The van der Waals surface area contributed by atoms with Crippen molar-refractivity contribution in [1.82, 2.24) is 4.31 Å². The van der Waals surface area contributed by atoms with Crippen LogP contribution in [0.5, 0.6) is 0 Å². The first-order chi connectivity index (χ1) is 9.23. The highest BCUT2D eigenvalue weighted by Gasteiger charge is 2.41. The van der Waals surface area contributed by atoms with E-state index in [-0.39, 0.29) is 28.9 Å². The van der Waals surface area contributed by atoms with E-state index in [1.807, 2.05) is 0 Å². The third-order valence-electron chi connectivity index (χ3n) is 3.41. The molecule has 1 N–H and O–H groups in total. The summed E-state index contributed by atoms with van der Waals surface area (Å²) < 4.78 is 26.9. The van der Waals surface area contributed by atoms with E-state index < -0.39 is 21.9 Å². The predicted octanol–water partition coefficient (Wildman–Crippen LogP) is 2.44. The number of hydrogen-bond acceptors (Lipinski definition) is 3. The average molecular weight is 383 g/mol. The van der Waals surface area contributed by atoms with Crippen molar-refractivity contribution in [2.75, 3.05) is 13.1 Å². The molecule has 1 aromatic carbocycles. The lowest BCUT2D eigenvalue weighted by Gasteiger charge is -2.17. The first-order valence-electron chi connectivity index (χ1n) is 5.91. The van der Waals surface area contributed by atoms with Gasteiger partial charge in [0.2, 0.25) is 10.0 Å². The molecule has 0 amide bonds. The molecule has 0 aromatic heterocycles. The third-order valence-corrected chi connectivity index (χ3v) is 6.22. The number of carboxylic acids is 1. The molecule has 1 aliphatic rings. The molecule has 1 saturated heterocycles. The van der Waals surface area contributed by atoms with Crippen LogP contribution in [-0.2, 0) is 14.8 Å². The monoisotopic (exact) mass is 381 g/mol. The van der Waals surface area contributed by atoms with Crippen LogP contribution in [0.15, 0.2) is 27.6 Å². The van der Waals surface area contributed by atoms with Crippen molar-refractivity contribution >= 4 is 43.5 Å². The predicted molar refractivity (Wildman–Crippen MR) is 78.2 cm³/mol. The summed E-state index contributed by atoms with van der Waals surface area (Å²) in [7, 11) is -3.77. The number of hydrogen-bond donors (Lipinski definition) is 1. The van der Waals surface area contributed by atoms with Gasteiger partial charge in [0.1, 0.15) is 4.90 Å². The maximum absolute atomic E-state index is 12.5. The minimum absolute atomic E-state index is 0.000561. The molecule has 1 heterocycles. The Kier molecular flexibility index (Phi) is 4.44. The molecule has 0 spiro atoms. The third kappa shape index (κ3) is 2.86. The number of sulfonamides is 1. The SMILES string of the molecule is C[C@@H]1CN(S(=O)(=O)c2ccc(Br)cc2Cl)C[C@H]1C(=O)O. The first-order valence-corrected chi connectivity index (χ1v) is 8.52. The molecular formula is C12H13BrClNO4S. The summed E-state index contributed by atoms with van der Waals surface area (Å²) in [6.45, 7) is 1.90. The highest BCUT2D eigenvalue weighted by molar-refractivity contribution is 9.10. The quantitative estimate of drug-likeness (QED) is 0.871. The van der Waals surface area contributed by atoms with Crippen LogP contribution in [0.3, 0.4) is 0 Å². The van der Waals surface area contributed by atoms with E-state index in [0.717, 1.165) is 0 Å². The molecule has 1 aromatic rings. The Hall–Kier alpha value is -0.630. The van der Waals surface area contributed by atoms with Crippen molar-refractivity contribution in [2.45, 2.75) is 11.8 Å². The van der Waals surface area contributed by atoms with E-state index in [0.29, 0.717) is 4.47 Å². The zero-order chi connectivity index (χ0) is 15.1. The van der Waals surface area contributed by atoms with Crippen molar-refractivity contribution in [2.24, 2.45) is 11.8 Å². The van der Waals surface area contributed by atoms with Gasteiger partial charge in [0.15, 0.2) is 0 Å². The van der Waals surface area contributed by atoms with Gasteiger partial charge in [0.05, 0.1) is 10.9 Å². The van der Waals surface area contributed by atoms with E-state index in [4.69, 9.17) is 16.7 Å². The molecule has 0 radical (unpaired) electrons. The van der Waals surface area contributed by atoms with Crippen LogP contribution >= 0.6 is 27.5 Å². The fraction of sp³-hybridized carbons (Fsp3) is 0.417. The largest absolute Gasteiger partial charge is 0.481 e. The van der Waals surface area contributed by atoms with Crippen molar-refractivity contribution in [3.63, 3.8) is 0 Å². The van der Waals surface area contributed by atoms with Gasteiger partial charge in [0, 0.05) is 17.6 Å². The lowest BCUT2D eigenvalue weighted by molar-refractivity contribution is -0.142. The number of aliphatic carboxylic acids is 1. The molecule has 1 aliphatic heterocycles. The Morgan fingerprint density at radius 2 is 2.10 bits per heavy atom. The van der Waals surface area contributed by atoms with Gasteiger partial charge in [-0.1, -0.05) is 34.5 Å². The Labute approximate surface area is 130 Å². The maximum atomic E-state index is 12.5. The minimum atomic E-state index is -3.77. The summed E-state index contributed by atoms with van der Waals surface area (Å²) in [6, 6.07) is 4.51. The number of rotatable bonds is 3. The Balaban J connectivity index is 2.35. The number of halogens is 2. The lowest BCUT2D eigenvalue weighted by Crippen LogP contribution is -2.30. The fourth-order valence-corrected chi connectivity index (χ4v) is 4.84. The van der Waals surface area contributed by atoms with E-state index in [9.17, 15) is 13.2 Å². The minimum Gasteiger partial charge on any atom is -0.481 e. The Bertz CT molecular complexity index is 649. The molecular weight excluding hydrogens is 370 g/mol. The highest BCUT2D eigenvalue weighted by Crippen LogP contribution is 2.32. The zero-order valence-corrected chi connectivity index (χ0v) is 13.7. The summed E-state index contributed by atoms with van der Waals surface area (Å²) >= 11 is 9.19. The molecule has 0 unspecified atom stereocenters. The molecule has 8 heteroatoms. The fourth-order valence-electron chi connectivity index (χ4n) is 2.26. The first kappa shape index (κ1) is 15.8. The Morgan fingerprint density at radius 1 is 1.45 bits per heavy atom. The number of carbonyl (C=O) groups is 1. The molecule has 2 atom stereocenters. The maximum Gasteiger partial charge on any atom is 0.308 e. The van der Waals surface area contributed by atoms with Gasteiger partial charge in [-0.3, -0.25) is 4.79 Å². The lowest BCUT2D eigenvalue weighted by atomic mass is 9.99. The normalized spacial score (nSPS) is 23.9. The van der Waals surface area contributed by atoms with Crippen molar-refractivity contribution in [1.29, 1.82) is 0 Å². The molecule has 110 valence electrons. The summed E-state index contributed by atoms with van der Waals surface area (Å²) in [5, 5.41) is 9.19. The van der Waals surface area contributed by atoms with Crippen LogP contribution < -0.4 is 0 Å². The number of carboxylic acid groups (broad SMARTS) is 1. The van der Waals surface area contributed by atoms with E-state index in [2.05, 4.69) is 15.9 Å². The van der Waals surface area contributed by atoms with E-state index >= 15 is 0 Å². The molecule has 0 aliphatic carbocycles. The number of benzene rings is 1. The van der Waals surface area contributed by atoms with Gasteiger partial charge in [-0.25, -0.2) is 8.42 Å². The van der Waals surface area contributed by atoms with Crippen LogP contribution in [-0.4, -0.2) is 36.9 Å². The van der Waals surface area contributed by atoms with Gasteiger partial charge < -0.3 is 5.11 Å². The van der Waals surface area contributed by atoms with Crippen LogP contribution in [0.25, 0.3) is 0 Å². The van der Waals surface area contributed by atoms with Crippen LogP contribution in [0.1, 0.15) is 6.92 Å². The van der Waals surface area contributed by atoms with Crippen molar-refractivity contribution in [3.05, 3.63) is 27.7 Å². The number of nitrogens with zero attached hydrogens (tertiary/aromatic N) is 1. The van der Waals surface area contributed by atoms with Crippen LogP contribution in [0, 0.1) is 11.8 Å². The second-order valence-electron chi connectivity index (χ2n) is 4.82. The molecule has 0 saturated carbocycles. The molecule has 1 fully saturated rings. The van der Waals surface area contributed by atoms with E-state index in [1.165, 1.54) is 16.4 Å². The molecule has 5 nitrogen and oxygen atoms in total. The molecule has 2 rings (SSSR count). The van der Waals surface area contributed by atoms with Crippen LogP contribution in [0.4, 0.5) is 0 Å².